The van der Waals surface area contributed by atoms with E-state index < -0.39 is 0 Å². The Morgan fingerprint density at radius 1 is 1.33 bits per heavy atom. The maximum atomic E-state index is 12.2. The Labute approximate surface area is 122 Å². The average molecular weight is 358 g/mol. The zero-order valence-corrected chi connectivity index (χ0v) is 13.0. The minimum atomic E-state index is -0.00545. The van der Waals surface area contributed by atoms with E-state index in [1.807, 2.05) is 24.3 Å². The van der Waals surface area contributed by atoms with E-state index in [1.54, 1.807) is 0 Å². The van der Waals surface area contributed by atoms with Crippen molar-refractivity contribution in [3.8, 4) is 0 Å². The number of benzene rings is 1. The van der Waals surface area contributed by atoms with E-state index in [4.69, 9.17) is 0 Å². The van der Waals surface area contributed by atoms with Crippen molar-refractivity contribution in [3.05, 3.63) is 33.4 Å². The van der Waals surface area contributed by atoms with E-state index in [0.717, 1.165) is 22.0 Å². The molecule has 0 aliphatic carbocycles. The number of amides is 1. The molecule has 1 aliphatic heterocycles. The number of halogens is 1. The van der Waals surface area contributed by atoms with E-state index in [1.165, 1.54) is 6.42 Å². The average Bonchev–Trinajstić information content (AvgIpc) is 2.34. The van der Waals surface area contributed by atoms with Gasteiger partial charge in [0.2, 0.25) is 0 Å². The van der Waals surface area contributed by atoms with Gasteiger partial charge in [-0.05, 0) is 67.5 Å². The first-order valence-electron chi connectivity index (χ1n) is 6.43. The summed E-state index contributed by atoms with van der Waals surface area (Å²) in [5.41, 5.74) is 3.78. The molecule has 1 aromatic carbocycles. The van der Waals surface area contributed by atoms with Crippen molar-refractivity contribution in [2.24, 2.45) is 0 Å². The molecular formula is C14H19IN2O. The van der Waals surface area contributed by atoms with Crippen LogP contribution in [-0.4, -0.2) is 23.0 Å². The fourth-order valence-electron chi connectivity index (χ4n) is 2.45. The van der Waals surface area contributed by atoms with Gasteiger partial charge in [-0.3, -0.25) is 10.2 Å². The molecule has 18 heavy (non-hydrogen) atoms. The summed E-state index contributed by atoms with van der Waals surface area (Å²) in [6, 6.07) is 8.51. The molecule has 1 aliphatic rings. The summed E-state index contributed by atoms with van der Waals surface area (Å²) < 4.78 is 1.08. The number of nitrogens with zero attached hydrogens (tertiary/aromatic N) is 1. The van der Waals surface area contributed by atoms with Gasteiger partial charge in [-0.1, -0.05) is 12.5 Å². The molecule has 1 heterocycles. The van der Waals surface area contributed by atoms with Gasteiger partial charge in [-0.2, -0.15) is 0 Å². The highest BCUT2D eigenvalue weighted by Gasteiger charge is 2.26. The van der Waals surface area contributed by atoms with Crippen molar-refractivity contribution < 1.29 is 4.79 Å². The summed E-state index contributed by atoms with van der Waals surface area (Å²) in [5.74, 6) is -0.00545. The third-order valence-electron chi connectivity index (χ3n) is 3.51. The second-order valence-corrected chi connectivity index (χ2v) is 6.23. The Balaban J connectivity index is 2.06. The van der Waals surface area contributed by atoms with E-state index >= 15 is 0 Å². The lowest BCUT2D eigenvalue weighted by Gasteiger charge is -2.38. The van der Waals surface area contributed by atoms with Gasteiger partial charge in [0.25, 0.3) is 5.91 Å². The van der Waals surface area contributed by atoms with Gasteiger partial charge >= 0.3 is 0 Å². The third kappa shape index (κ3) is 3.23. The van der Waals surface area contributed by atoms with Crippen LogP contribution < -0.4 is 5.43 Å². The van der Waals surface area contributed by atoms with E-state index in [2.05, 4.69) is 46.9 Å². The van der Waals surface area contributed by atoms with Crippen molar-refractivity contribution in [3.63, 3.8) is 0 Å². The smallest absolute Gasteiger partial charge is 0.265 e. The van der Waals surface area contributed by atoms with Crippen LogP contribution >= 0.6 is 22.6 Å². The van der Waals surface area contributed by atoms with E-state index in [9.17, 15) is 4.79 Å². The van der Waals surface area contributed by atoms with Crippen LogP contribution in [-0.2, 0) is 0 Å². The molecular weight excluding hydrogens is 339 g/mol. The Bertz CT molecular complexity index is 426. The van der Waals surface area contributed by atoms with Crippen LogP contribution in [0.5, 0.6) is 0 Å². The van der Waals surface area contributed by atoms with E-state index in [0.29, 0.717) is 12.1 Å². The summed E-state index contributed by atoms with van der Waals surface area (Å²) in [6.07, 6.45) is 3.55. The Morgan fingerprint density at radius 3 is 2.61 bits per heavy atom. The monoisotopic (exact) mass is 358 g/mol. The number of hydrogen-bond donors (Lipinski definition) is 1. The molecule has 1 fully saturated rings. The summed E-state index contributed by atoms with van der Waals surface area (Å²) in [6.45, 7) is 4.34. The molecule has 1 N–H and O–H groups in total. The molecule has 98 valence electrons. The maximum absolute atomic E-state index is 12.2. The standard InChI is InChI=1S/C14H19IN2O/c1-10-5-3-6-11(2)17(10)16-14(18)12-7-4-8-13(15)9-12/h4,7-11H,3,5-6H2,1-2H3,(H,16,18). The fraction of sp³-hybridized carbons (Fsp3) is 0.500. The summed E-state index contributed by atoms with van der Waals surface area (Å²) in [5, 5.41) is 2.10. The largest absolute Gasteiger partial charge is 0.284 e. The number of hydrogen-bond acceptors (Lipinski definition) is 2. The second kappa shape index (κ2) is 6.02. The van der Waals surface area contributed by atoms with Gasteiger partial charge in [0.05, 0.1) is 0 Å². The van der Waals surface area contributed by atoms with Crippen LogP contribution in [0.25, 0.3) is 0 Å². The fourth-order valence-corrected chi connectivity index (χ4v) is 3.00. The van der Waals surface area contributed by atoms with E-state index in [-0.39, 0.29) is 5.91 Å². The first-order chi connectivity index (χ1) is 8.58. The lowest BCUT2D eigenvalue weighted by molar-refractivity contribution is 0.0370. The molecule has 0 bridgehead atoms. The molecule has 2 rings (SSSR count). The Hall–Kier alpha value is -0.620. The zero-order valence-electron chi connectivity index (χ0n) is 10.8. The molecule has 0 radical (unpaired) electrons. The summed E-state index contributed by atoms with van der Waals surface area (Å²) in [7, 11) is 0. The Morgan fingerprint density at radius 2 is 2.00 bits per heavy atom. The molecule has 0 saturated carbocycles. The van der Waals surface area contributed by atoms with Gasteiger partial charge in [0.15, 0.2) is 0 Å². The van der Waals surface area contributed by atoms with Crippen LogP contribution in [0.2, 0.25) is 0 Å². The third-order valence-corrected chi connectivity index (χ3v) is 4.18. The van der Waals surface area contributed by atoms with Gasteiger partial charge in [-0.25, -0.2) is 5.01 Å². The summed E-state index contributed by atoms with van der Waals surface area (Å²) in [4.78, 5) is 12.2. The number of rotatable bonds is 2. The molecule has 2 unspecified atom stereocenters. The van der Waals surface area contributed by atoms with Crippen LogP contribution in [0.4, 0.5) is 0 Å². The van der Waals surface area contributed by atoms with Crippen molar-refractivity contribution in [2.45, 2.75) is 45.2 Å². The van der Waals surface area contributed by atoms with Crippen LogP contribution in [0.1, 0.15) is 43.5 Å². The van der Waals surface area contributed by atoms with Crippen LogP contribution in [0.15, 0.2) is 24.3 Å². The van der Waals surface area contributed by atoms with Gasteiger partial charge in [0.1, 0.15) is 0 Å². The van der Waals surface area contributed by atoms with Crippen LogP contribution in [0, 0.1) is 3.57 Å². The lowest BCUT2D eigenvalue weighted by Crippen LogP contribution is -2.54. The van der Waals surface area contributed by atoms with Crippen molar-refractivity contribution in [1.82, 2.24) is 10.4 Å². The summed E-state index contributed by atoms with van der Waals surface area (Å²) >= 11 is 2.22. The molecule has 2 atom stereocenters. The highest BCUT2D eigenvalue weighted by Crippen LogP contribution is 2.20. The van der Waals surface area contributed by atoms with Gasteiger partial charge in [0, 0.05) is 21.2 Å². The van der Waals surface area contributed by atoms with Gasteiger partial charge < -0.3 is 0 Å². The normalized spacial score (nSPS) is 24.8. The van der Waals surface area contributed by atoms with Crippen molar-refractivity contribution in [2.75, 3.05) is 0 Å². The first-order valence-corrected chi connectivity index (χ1v) is 7.50. The molecule has 1 amide bonds. The topological polar surface area (TPSA) is 32.3 Å². The minimum Gasteiger partial charge on any atom is -0.284 e. The molecule has 3 nitrogen and oxygen atoms in total. The quantitative estimate of drug-likeness (QED) is 0.824. The number of carbonyl (C=O) groups excluding carboxylic acids is 1. The molecule has 1 saturated heterocycles. The van der Waals surface area contributed by atoms with Gasteiger partial charge in [-0.15, -0.1) is 0 Å². The molecule has 1 aromatic rings. The first kappa shape index (κ1) is 13.8. The molecule has 0 aromatic heterocycles. The lowest BCUT2D eigenvalue weighted by atomic mass is 10.00. The SMILES string of the molecule is CC1CCCC(C)N1NC(=O)c1cccc(I)c1. The highest BCUT2D eigenvalue weighted by molar-refractivity contribution is 14.1. The number of piperidine rings is 1. The molecule has 4 heteroatoms. The number of hydrazine groups is 1. The Kier molecular flexibility index (Phi) is 4.61. The van der Waals surface area contributed by atoms with Crippen molar-refractivity contribution >= 4 is 28.5 Å². The van der Waals surface area contributed by atoms with Crippen LogP contribution in [0.3, 0.4) is 0 Å². The molecule has 0 spiro atoms. The van der Waals surface area contributed by atoms with Crippen molar-refractivity contribution in [1.29, 1.82) is 0 Å². The highest BCUT2D eigenvalue weighted by atomic mass is 127. The second-order valence-electron chi connectivity index (χ2n) is 4.99. The maximum Gasteiger partial charge on any atom is 0.265 e. The number of nitrogens with one attached hydrogen (secondary N) is 1. The predicted molar refractivity (Wildman–Crippen MR) is 81.2 cm³/mol. The predicted octanol–water partition coefficient (Wildman–Crippen LogP) is 3.20. The zero-order chi connectivity index (χ0) is 13.1. The minimum absolute atomic E-state index is 0.00545. The number of carbonyl (C=O) groups is 1.